The van der Waals surface area contributed by atoms with Crippen molar-refractivity contribution < 1.29 is 5.11 Å². The summed E-state index contributed by atoms with van der Waals surface area (Å²) in [5.41, 5.74) is 2.60. The molecule has 0 amide bonds. The van der Waals surface area contributed by atoms with Crippen LogP contribution >= 0.6 is 0 Å². The van der Waals surface area contributed by atoms with Gasteiger partial charge in [0.05, 0.1) is 6.10 Å². The van der Waals surface area contributed by atoms with Crippen LogP contribution < -0.4 is 0 Å². The first-order valence-electron chi connectivity index (χ1n) is 12.6. The highest BCUT2D eigenvalue weighted by molar-refractivity contribution is 5.25. The van der Waals surface area contributed by atoms with Crippen molar-refractivity contribution in [3.8, 4) is 0 Å². The van der Waals surface area contributed by atoms with Crippen LogP contribution in [0, 0.1) is 46.3 Å². The lowest BCUT2D eigenvalue weighted by Gasteiger charge is -2.58. The molecule has 0 aliphatic heterocycles. The van der Waals surface area contributed by atoms with Crippen molar-refractivity contribution in [3.63, 3.8) is 0 Å². The number of aliphatic hydroxyl groups is 1. The Morgan fingerprint density at radius 1 is 1.00 bits per heavy atom. The van der Waals surface area contributed by atoms with Gasteiger partial charge in [-0.05, 0) is 97.7 Å². The van der Waals surface area contributed by atoms with Crippen LogP contribution in [0.25, 0.3) is 0 Å². The highest BCUT2D eigenvalue weighted by Crippen LogP contribution is 2.67. The number of aliphatic hydroxyl groups excluding tert-OH is 1. The van der Waals surface area contributed by atoms with Gasteiger partial charge in [-0.25, -0.2) is 0 Å². The molecule has 0 heterocycles. The van der Waals surface area contributed by atoms with Crippen molar-refractivity contribution in [1.29, 1.82) is 0 Å². The maximum atomic E-state index is 10.2. The molecule has 0 aromatic heterocycles. The maximum Gasteiger partial charge on any atom is 0.0577 e. The summed E-state index contributed by atoms with van der Waals surface area (Å²) in [6.07, 6.45) is 17.2. The summed E-state index contributed by atoms with van der Waals surface area (Å²) in [5.74, 6) is 5.46. The third-order valence-corrected chi connectivity index (χ3v) is 10.3. The van der Waals surface area contributed by atoms with Crippen molar-refractivity contribution in [1.82, 2.24) is 0 Å². The minimum absolute atomic E-state index is 0.0766. The molecule has 0 radical (unpaired) electrons. The lowest BCUT2D eigenvalue weighted by atomic mass is 9.47. The first-order chi connectivity index (χ1) is 13.3. The molecule has 8 atom stereocenters. The zero-order chi connectivity index (χ0) is 20.1. The molecule has 0 saturated heterocycles. The Morgan fingerprint density at radius 2 is 1.79 bits per heavy atom. The SMILES string of the molecule is CC(C)CCC[C@@H](C)C1CCC2[C@@H]3CC=C4C[C@@H](O)CCC4(C)C3CC[C@@]21C. The summed E-state index contributed by atoms with van der Waals surface area (Å²) in [6.45, 7) is 12.6. The second-order valence-electron chi connectivity index (χ2n) is 12.2. The number of fused-ring (bicyclic) bond motifs is 5. The molecule has 0 bridgehead atoms. The van der Waals surface area contributed by atoms with Crippen LogP contribution in [0.4, 0.5) is 0 Å². The molecule has 28 heavy (non-hydrogen) atoms. The molecule has 1 nitrogen and oxygen atoms in total. The molecular formula is C27H46O. The average molecular weight is 387 g/mol. The van der Waals surface area contributed by atoms with Crippen molar-refractivity contribution in [3.05, 3.63) is 11.6 Å². The second kappa shape index (κ2) is 7.75. The standard InChI is InChI=1S/C27H46O/c1-18(2)7-6-8-19(3)23-11-12-24-22-10-9-20-17-21(28)13-15-26(20,4)25(22)14-16-27(23,24)5/h9,18-19,21-25,28H,6-8,10-17H2,1-5H3/t19-,21+,22+,23?,24?,25?,26?,27-/m1/s1. The monoisotopic (exact) mass is 386 g/mol. The molecule has 3 fully saturated rings. The maximum absolute atomic E-state index is 10.2. The Labute approximate surface area is 174 Å². The van der Waals surface area contributed by atoms with Crippen molar-refractivity contribution in [2.75, 3.05) is 0 Å². The minimum Gasteiger partial charge on any atom is -0.393 e. The van der Waals surface area contributed by atoms with E-state index in [0.29, 0.717) is 10.8 Å². The summed E-state index contributed by atoms with van der Waals surface area (Å²) < 4.78 is 0. The van der Waals surface area contributed by atoms with Crippen molar-refractivity contribution in [2.45, 2.75) is 111 Å². The lowest BCUT2D eigenvalue weighted by Crippen LogP contribution is -2.50. The third-order valence-electron chi connectivity index (χ3n) is 10.3. The molecule has 160 valence electrons. The second-order valence-corrected chi connectivity index (χ2v) is 12.2. The number of hydrogen-bond acceptors (Lipinski definition) is 1. The van der Waals surface area contributed by atoms with E-state index >= 15 is 0 Å². The molecule has 3 saturated carbocycles. The van der Waals surface area contributed by atoms with Gasteiger partial charge in [-0.3, -0.25) is 0 Å². The van der Waals surface area contributed by atoms with Gasteiger partial charge in [0.25, 0.3) is 0 Å². The largest absolute Gasteiger partial charge is 0.393 e. The smallest absolute Gasteiger partial charge is 0.0577 e. The first-order valence-corrected chi connectivity index (χ1v) is 12.6. The van der Waals surface area contributed by atoms with Gasteiger partial charge in [0, 0.05) is 0 Å². The lowest BCUT2D eigenvalue weighted by molar-refractivity contribution is -0.0573. The zero-order valence-corrected chi connectivity index (χ0v) is 19.3. The van der Waals surface area contributed by atoms with E-state index in [1.54, 1.807) is 5.57 Å². The van der Waals surface area contributed by atoms with E-state index in [2.05, 4.69) is 40.7 Å². The molecule has 1 heteroatoms. The van der Waals surface area contributed by atoms with Gasteiger partial charge in [0.1, 0.15) is 0 Å². The molecule has 1 N–H and O–H groups in total. The van der Waals surface area contributed by atoms with Crippen LogP contribution in [0.15, 0.2) is 11.6 Å². The van der Waals surface area contributed by atoms with Gasteiger partial charge < -0.3 is 5.11 Å². The summed E-state index contributed by atoms with van der Waals surface area (Å²) >= 11 is 0. The van der Waals surface area contributed by atoms with E-state index in [1.807, 2.05) is 0 Å². The van der Waals surface area contributed by atoms with Crippen LogP contribution in [-0.2, 0) is 0 Å². The van der Waals surface area contributed by atoms with Crippen LogP contribution in [0.2, 0.25) is 0 Å². The number of rotatable bonds is 5. The molecule has 4 rings (SSSR count). The number of allylic oxidation sites excluding steroid dienone is 1. The van der Waals surface area contributed by atoms with E-state index in [0.717, 1.165) is 48.3 Å². The molecular weight excluding hydrogens is 340 g/mol. The predicted octanol–water partition coefficient (Wildman–Crippen LogP) is 7.39. The molecule has 0 aromatic carbocycles. The van der Waals surface area contributed by atoms with Gasteiger partial charge in [-0.15, -0.1) is 0 Å². The van der Waals surface area contributed by atoms with Gasteiger partial charge in [-0.2, -0.15) is 0 Å². The summed E-state index contributed by atoms with van der Waals surface area (Å²) in [7, 11) is 0. The molecule has 4 aliphatic carbocycles. The Hall–Kier alpha value is -0.300. The fraction of sp³-hybridized carbons (Fsp3) is 0.926. The van der Waals surface area contributed by atoms with Crippen molar-refractivity contribution >= 4 is 0 Å². The van der Waals surface area contributed by atoms with Gasteiger partial charge in [-0.1, -0.05) is 65.5 Å². The van der Waals surface area contributed by atoms with Crippen LogP contribution in [0.3, 0.4) is 0 Å². The van der Waals surface area contributed by atoms with Gasteiger partial charge in [0.15, 0.2) is 0 Å². The molecule has 4 unspecified atom stereocenters. The van der Waals surface area contributed by atoms with E-state index in [1.165, 1.54) is 57.8 Å². The topological polar surface area (TPSA) is 20.2 Å². The summed E-state index contributed by atoms with van der Waals surface area (Å²) in [6, 6.07) is 0. The minimum atomic E-state index is -0.0766. The number of hydrogen-bond donors (Lipinski definition) is 1. The quantitative estimate of drug-likeness (QED) is 0.488. The Kier molecular flexibility index (Phi) is 5.80. The van der Waals surface area contributed by atoms with Crippen LogP contribution in [0.5, 0.6) is 0 Å². The van der Waals surface area contributed by atoms with E-state index in [9.17, 15) is 5.11 Å². The fourth-order valence-corrected chi connectivity index (χ4v) is 8.67. The van der Waals surface area contributed by atoms with Gasteiger partial charge >= 0.3 is 0 Å². The average Bonchev–Trinajstić information content (AvgIpc) is 2.99. The Morgan fingerprint density at radius 3 is 2.54 bits per heavy atom. The first kappa shape index (κ1) is 21.0. The highest BCUT2D eigenvalue weighted by Gasteiger charge is 2.59. The Bertz CT molecular complexity index is 591. The van der Waals surface area contributed by atoms with E-state index in [-0.39, 0.29) is 6.10 Å². The van der Waals surface area contributed by atoms with E-state index in [4.69, 9.17) is 0 Å². The predicted molar refractivity (Wildman–Crippen MR) is 119 cm³/mol. The van der Waals surface area contributed by atoms with E-state index < -0.39 is 0 Å². The zero-order valence-electron chi connectivity index (χ0n) is 19.3. The highest BCUT2D eigenvalue weighted by atomic mass is 16.3. The van der Waals surface area contributed by atoms with Crippen molar-refractivity contribution in [2.24, 2.45) is 46.3 Å². The van der Waals surface area contributed by atoms with Crippen LogP contribution in [0.1, 0.15) is 105 Å². The Balaban J connectivity index is 1.49. The van der Waals surface area contributed by atoms with Gasteiger partial charge in [0.2, 0.25) is 0 Å². The molecule has 0 aromatic rings. The third kappa shape index (κ3) is 3.42. The summed E-state index contributed by atoms with van der Waals surface area (Å²) in [5, 5.41) is 10.2. The summed E-state index contributed by atoms with van der Waals surface area (Å²) in [4.78, 5) is 0. The molecule has 4 aliphatic rings. The van der Waals surface area contributed by atoms with Crippen LogP contribution in [-0.4, -0.2) is 11.2 Å². The molecule has 0 spiro atoms. The normalized spacial score (nSPS) is 46.5. The fourth-order valence-electron chi connectivity index (χ4n) is 8.67.